The predicted molar refractivity (Wildman–Crippen MR) is 132 cm³/mol. The highest BCUT2D eigenvalue weighted by Gasteiger charge is 2.31. The van der Waals surface area contributed by atoms with Crippen molar-refractivity contribution >= 4 is 40.3 Å². The molecule has 0 unspecified atom stereocenters. The maximum absolute atomic E-state index is 12.8. The molecule has 5 heteroatoms. The molecule has 0 spiro atoms. The Morgan fingerprint density at radius 2 is 1.71 bits per heavy atom. The van der Waals surface area contributed by atoms with Gasteiger partial charge in [-0.1, -0.05) is 96.3 Å². The first kappa shape index (κ1) is 21.3. The molecule has 0 aliphatic carbocycles. The van der Waals surface area contributed by atoms with E-state index in [2.05, 4.69) is 37.3 Å². The van der Waals surface area contributed by atoms with Crippen LogP contribution in [0, 0.1) is 6.92 Å². The number of hydrogen-bond acceptors (Lipinski definition) is 4. The van der Waals surface area contributed by atoms with Crippen molar-refractivity contribution in [3.8, 4) is 5.75 Å². The molecule has 1 aliphatic rings. The van der Waals surface area contributed by atoms with Gasteiger partial charge in [0, 0.05) is 6.54 Å². The first-order valence-electron chi connectivity index (χ1n) is 10.2. The standard InChI is InChI=1S/C26H23NO2S2/c1-19-6-5-9-22(16-19)18-29-23-12-10-21(11-13-23)17-24-25(28)27(26(30)31-24)15-14-20-7-3-2-4-8-20/h2-13,16-17H,14-15,18H2,1H3/b24-17-. The molecule has 3 nitrogen and oxygen atoms in total. The van der Waals surface area contributed by atoms with Gasteiger partial charge in [0.15, 0.2) is 0 Å². The molecule has 0 radical (unpaired) electrons. The quantitative estimate of drug-likeness (QED) is 0.329. The zero-order chi connectivity index (χ0) is 21.6. The van der Waals surface area contributed by atoms with Crippen LogP contribution in [0.15, 0.2) is 83.8 Å². The monoisotopic (exact) mass is 445 g/mol. The highest BCUT2D eigenvalue weighted by Crippen LogP contribution is 2.33. The van der Waals surface area contributed by atoms with E-state index in [0.717, 1.165) is 23.3 Å². The number of carbonyl (C=O) groups excluding carboxylic acids is 1. The number of benzene rings is 3. The average molecular weight is 446 g/mol. The summed E-state index contributed by atoms with van der Waals surface area (Å²) >= 11 is 6.81. The van der Waals surface area contributed by atoms with Gasteiger partial charge in [0.05, 0.1) is 4.91 Å². The van der Waals surface area contributed by atoms with Crippen LogP contribution >= 0.6 is 24.0 Å². The number of thioether (sulfide) groups is 1. The molecule has 1 saturated heterocycles. The lowest BCUT2D eigenvalue weighted by Crippen LogP contribution is -2.30. The molecule has 0 aromatic heterocycles. The Bertz CT molecular complexity index is 1110. The zero-order valence-corrected chi connectivity index (χ0v) is 18.9. The normalized spacial score (nSPS) is 15.0. The lowest BCUT2D eigenvalue weighted by Gasteiger charge is -2.14. The number of amides is 1. The van der Waals surface area contributed by atoms with Crippen LogP contribution in [0.1, 0.15) is 22.3 Å². The van der Waals surface area contributed by atoms with E-state index in [9.17, 15) is 4.79 Å². The van der Waals surface area contributed by atoms with Crippen LogP contribution in [-0.4, -0.2) is 21.7 Å². The Labute approximate surface area is 192 Å². The fraction of sp³-hybridized carbons (Fsp3) is 0.154. The number of aryl methyl sites for hydroxylation is 1. The van der Waals surface area contributed by atoms with E-state index in [0.29, 0.717) is 22.4 Å². The third kappa shape index (κ3) is 5.63. The van der Waals surface area contributed by atoms with E-state index in [-0.39, 0.29) is 5.91 Å². The van der Waals surface area contributed by atoms with Crippen molar-refractivity contribution in [2.24, 2.45) is 0 Å². The zero-order valence-electron chi connectivity index (χ0n) is 17.3. The van der Waals surface area contributed by atoms with Gasteiger partial charge in [0.2, 0.25) is 0 Å². The number of nitrogens with zero attached hydrogens (tertiary/aromatic N) is 1. The smallest absolute Gasteiger partial charge is 0.266 e. The summed E-state index contributed by atoms with van der Waals surface area (Å²) in [6, 6.07) is 26.2. The molecule has 156 valence electrons. The lowest BCUT2D eigenvalue weighted by molar-refractivity contribution is -0.122. The number of carbonyl (C=O) groups is 1. The molecule has 1 fully saturated rings. The Hall–Kier alpha value is -2.89. The van der Waals surface area contributed by atoms with Crippen molar-refractivity contribution in [1.82, 2.24) is 4.90 Å². The highest BCUT2D eigenvalue weighted by atomic mass is 32.2. The minimum Gasteiger partial charge on any atom is -0.489 e. The van der Waals surface area contributed by atoms with Gasteiger partial charge in [-0.2, -0.15) is 0 Å². The molecule has 31 heavy (non-hydrogen) atoms. The summed E-state index contributed by atoms with van der Waals surface area (Å²) in [5.41, 5.74) is 4.51. The summed E-state index contributed by atoms with van der Waals surface area (Å²) in [7, 11) is 0. The fourth-order valence-corrected chi connectivity index (χ4v) is 4.67. The molecule has 0 atom stereocenters. The summed E-state index contributed by atoms with van der Waals surface area (Å²) in [6.45, 7) is 3.20. The molecule has 0 N–H and O–H groups in total. The van der Waals surface area contributed by atoms with Gasteiger partial charge in [-0.05, 0) is 48.2 Å². The Morgan fingerprint density at radius 3 is 2.45 bits per heavy atom. The van der Waals surface area contributed by atoms with Crippen LogP contribution in [-0.2, 0) is 17.8 Å². The Kier molecular flexibility index (Phi) is 6.85. The van der Waals surface area contributed by atoms with E-state index >= 15 is 0 Å². The Balaban J connectivity index is 1.36. The fourth-order valence-electron chi connectivity index (χ4n) is 3.36. The van der Waals surface area contributed by atoms with Crippen LogP contribution in [0.4, 0.5) is 0 Å². The van der Waals surface area contributed by atoms with Crippen LogP contribution < -0.4 is 4.74 Å². The highest BCUT2D eigenvalue weighted by molar-refractivity contribution is 8.26. The largest absolute Gasteiger partial charge is 0.489 e. The predicted octanol–water partition coefficient (Wildman–Crippen LogP) is 6.02. The topological polar surface area (TPSA) is 29.5 Å². The number of hydrogen-bond donors (Lipinski definition) is 0. The summed E-state index contributed by atoms with van der Waals surface area (Å²) in [5.74, 6) is 0.778. The maximum Gasteiger partial charge on any atom is 0.266 e. The molecular weight excluding hydrogens is 422 g/mol. The van der Waals surface area contributed by atoms with Gasteiger partial charge in [-0.15, -0.1) is 0 Å². The Morgan fingerprint density at radius 1 is 0.968 bits per heavy atom. The summed E-state index contributed by atoms with van der Waals surface area (Å²) in [6.07, 6.45) is 2.68. The van der Waals surface area contributed by atoms with Crippen molar-refractivity contribution in [2.75, 3.05) is 6.54 Å². The third-order valence-electron chi connectivity index (χ3n) is 5.01. The van der Waals surface area contributed by atoms with E-state index < -0.39 is 0 Å². The second-order valence-electron chi connectivity index (χ2n) is 7.42. The molecular formula is C26H23NO2S2. The van der Waals surface area contributed by atoms with Gasteiger partial charge in [0.25, 0.3) is 5.91 Å². The average Bonchev–Trinajstić information content (AvgIpc) is 3.05. The maximum atomic E-state index is 12.8. The summed E-state index contributed by atoms with van der Waals surface area (Å²) in [5, 5.41) is 0. The van der Waals surface area contributed by atoms with Gasteiger partial charge < -0.3 is 4.74 Å². The molecule has 3 aromatic rings. The first-order valence-corrected chi connectivity index (χ1v) is 11.4. The van der Waals surface area contributed by atoms with Crippen molar-refractivity contribution in [3.63, 3.8) is 0 Å². The minimum atomic E-state index is -0.0225. The van der Waals surface area contributed by atoms with Crippen molar-refractivity contribution in [1.29, 1.82) is 0 Å². The molecule has 4 rings (SSSR count). The molecule has 1 amide bonds. The van der Waals surface area contributed by atoms with Crippen molar-refractivity contribution < 1.29 is 9.53 Å². The van der Waals surface area contributed by atoms with Crippen LogP contribution in [0.3, 0.4) is 0 Å². The van der Waals surface area contributed by atoms with Gasteiger partial charge in [-0.3, -0.25) is 9.69 Å². The molecule has 1 aliphatic heterocycles. The van der Waals surface area contributed by atoms with E-state index in [1.807, 2.05) is 54.6 Å². The summed E-state index contributed by atoms with van der Waals surface area (Å²) < 4.78 is 6.50. The van der Waals surface area contributed by atoms with E-state index in [1.54, 1.807) is 4.90 Å². The van der Waals surface area contributed by atoms with Gasteiger partial charge in [-0.25, -0.2) is 0 Å². The summed E-state index contributed by atoms with van der Waals surface area (Å²) in [4.78, 5) is 15.2. The number of thiocarbonyl (C=S) groups is 1. The van der Waals surface area contributed by atoms with Crippen molar-refractivity contribution in [3.05, 3.63) is 106 Å². The molecule has 1 heterocycles. The molecule has 0 saturated carbocycles. The molecule has 0 bridgehead atoms. The second kappa shape index (κ2) is 9.94. The number of rotatable bonds is 7. The van der Waals surface area contributed by atoms with Gasteiger partial charge in [0.1, 0.15) is 16.7 Å². The SMILES string of the molecule is Cc1cccc(COc2ccc(/C=C3\SC(=S)N(CCc4ccccc4)C3=O)cc2)c1. The molecule has 3 aromatic carbocycles. The van der Waals surface area contributed by atoms with Crippen LogP contribution in [0.2, 0.25) is 0 Å². The van der Waals surface area contributed by atoms with E-state index in [1.165, 1.54) is 22.9 Å². The second-order valence-corrected chi connectivity index (χ2v) is 9.09. The van der Waals surface area contributed by atoms with Crippen LogP contribution in [0.25, 0.3) is 6.08 Å². The lowest BCUT2D eigenvalue weighted by atomic mass is 10.1. The third-order valence-corrected chi connectivity index (χ3v) is 6.38. The van der Waals surface area contributed by atoms with Gasteiger partial charge >= 0.3 is 0 Å². The van der Waals surface area contributed by atoms with E-state index in [4.69, 9.17) is 17.0 Å². The first-order chi connectivity index (χ1) is 15.1. The van der Waals surface area contributed by atoms with Crippen molar-refractivity contribution in [2.45, 2.75) is 20.0 Å². The van der Waals surface area contributed by atoms with Crippen LogP contribution in [0.5, 0.6) is 5.75 Å². The number of ether oxygens (including phenoxy) is 1. The minimum absolute atomic E-state index is 0.0225.